The lowest BCUT2D eigenvalue weighted by Crippen LogP contribution is -2.20. The van der Waals surface area contributed by atoms with Crippen molar-refractivity contribution in [3.8, 4) is 0 Å². The summed E-state index contributed by atoms with van der Waals surface area (Å²) in [5.41, 5.74) is 2.44. The number of thiazole rings is 1. The van der Waals surface area contributed by atoms with Crippen LogP contribution < -0.4 is 5.32 Å². The molecule has 0 unspecified atom stereocenters. The molecule has 2 aromatic heterocycles. The summed E-state index contributed by atoms with van der Waals surface area (Å²) < 4.78 is 7.29. The Morgan fingerprint density at radius 2 is 2.35 bits per heavy atom. The van der Waals surface area contributed by atoms with E-state index in [1.165, 1.54) is 10.7 Å². The van der Waals surface area contributed by atoms with E-state index in [0.717, 1.165) is 44.8 Å². The van der Waals surface area contributed by atoms with E-state index in [1.54, 1.807) is 18.4 Å². The van der Waals surface area contributed by atoms with Crippen LogP contribution in [0.25, 0.3) is 0 Å². The third-order valence-corrected chi connectivity index (χ3v) is 4.07. The van der Waals surface area contributed by atoms with Crippen molar-refractivity contribution >= 4 is 11.3 Å². The quantitative estimate of drug-likeness (QED) is 0.723. The van der Waals surface area contributed by atoms with Crippen LogP contribution >= 0.6 is 11.3 Å². The summed E-state index contributed by atoms with van der Waals surface area (Å²) in [5, 5.41) is 6.80. The van der Waals surface area contributed by atoms with Crippen LogP contribution in [0, 0.1) is 0 Å². The minimum Gasteiger partial charge on any atom is -0.383 e. The second kappa shape index (κ2) is 8.19. The van der Waals surface area contributed by atoms with Gasteiger partial charge < -0.3 is 14.6 Å². The highest BCUT2D eigenvalue weighted by atomic mass is 32.1. The molecule has 0 aromatic carbocycles. The Kier molecular flexibility index (Phi) is 6.24. The molecule has 0 saturated carbocycles. The number of nitrogens with one attached hydrogen (secondary N) is 1. The minimum absolute atomic E-state index is 0.743. The van der Waals surface area contributed by atoms with Gasteiger partial charge in [-0.3, -0.25) is 0 Å². The molecule has 0 atom stereocenters. The molecule has 0 aliphatic heterocycles. The van der Waals surface area contributed by atoms with Gasteiger partial charge in [0.05, 0.1) is 23.9 Å². The Morgan fingerprint density at radius 3 is 3.15 bits per heavy atom. The molecule has 110 valence electrons. The molecule has 0 aliphatic carbocycles. The summed E-state index contributed by atoms with van der Waals surface area (Å²) in [5.74, 6) is 0. The SMILES string of the molecule is CCCc1nc(Cn2cccc2CNCCOC)cs1. The first-order valence-corrected chi connectivity index (χ1v) is 7.98. The van der Waals surface area contributed by atoms with Gasteiger partial charge in [0.1, 0.15) is 0 Å². The highest BCUT2D eigenvalue weighted by molar-refractivity contribution is 7.09. The maximum absolute atomic E-state index is 5.03. The smallest absolute Gasteiger partial charge is 0.0928 e. The first-order valence-electron chi connectivity index (χ1n) is 7.10. The molecule has 0 fully saturated rings. The minimum atomic E-state index is 0.743. The number of rotatable bonds is 9. The average Bonchev–Trinajstić information content (AvgIpc) is 3.06. The highest BCUT2D eigenvalue weighted by Crippen LogP contribution is 2.14. The van der Waals surface area contributed by atoms with Gasteiger partial charge in [-0.2, -0.15) is 0 Å². The maximum atomic E-state index is 5.03. The van der Waals surface area contributed by atoms with Crippen molar-refractivity contribution in [2.75, 3.05) is 20.3 Å². The molecule has 0 radical (unpaired) electrons. The van der Waals surface area contributed by atoms with Gasteiger partial charge in [-0.1, -0.05) is 6.92 Å². The Morgan fingerprint density at radius 1 is 1.45 bits per heavy atom. The van der Waals surface area contributed by atoms with Gasteiger partial charge in [0.2, 0.25) is 0 Å². The monoisotopic (exact) mass is 293 g/mol. The van der Waals surface area contributed by atoms with Gasteiger partial charge in [0.25, 0.3) is 0 Å². The third-order valence-electron chi connectivity index (χ3n) is 3.11. The fourth-order valence-electron chi connectivity index (χ4n) is 2.08. The van der Waals surface area contributed by atoms with Crippen molar-refractivity contribution in [1.29, 1.82) is 0 Å². The zero-order chi connectivity index (χ0) is 14.2. The maximum Gasteiger partial charge on any atom is 0.0928 e. The molecule has 0 aliphatic rings. The van der Waals surface area contributed by atoms with E-state index in [4.69, 9.17) is 4.74 Å². The van der Waals surface area contributed by atoms with Gasteiger partial charge in [-0.05, 0) is 25.0 Å². The fourth-order valence-corrected chi connectivity index (χ4v) is 2.97. The molecular weight excluding hydrogens is 270 g/mol. The van der Waals surface area contributed by atoms with E-state index in [0.29, 0.717) is 0 Å². The van der Waals surface area contributed by atoms with E-state index in [1.807, 2.05) is 0 Å². The lowest BCUT2D eigenvalue weighted by Gasteiger charge is -2.09. The second-order valence-electron chi connectivity index (χ2n) is 4.78. The van der Waals surface area contributed by atoms with Crippen LogP contribution in [0.2, 0.25) is 0 Å². The van der Waals surface area contributed by atoms with E-state index >= 15 is 0 Å². The first-order chi connectivity index (χ1) is 9.83. The number of ether oxygens (including phenoxy) is 1. The van der Waals surface area contributed by atoms with Crippen LogP contribution in [0.4, 0.5) is 0 Å². The van der Waals surface area contributed by atoms with Crippen LogP contribution in [0.5, 0.6) is 0 Å². The Hall–Kier alpha value is -1.17. The summed E-state index contributed by atoms with van der Waals surface area (Å²) in [6, 6.07) is 4.24. The number of methoxy groups -OCH3 is 1. The van der Waals surface area contributed by atoms with Gasteiger partial charge in [0.15, 0.2) is 0 Å². The van der Waals surface area contributed by atoms with Crippen molar-refractivity contribution in [3.63, 3.8) is 0 Å². The topological polar surface area (TPSA) is 39.1 Å². The predicted molar refractivity (Wildman–Crippen MR) is 83.2 cm³/mol. The molecule has 0 spiro atoms. The van der Waals surface area contributed by atoms with E-state index in [2.05, 4.69) is 45.5 Å². The van der Waals surface area contributed by atoms with Crippen molar-refractivity contribution in [1.82, 2.24) is 14.9 Å². The van der Waals surface area contributed by atoms with Crippen molar-refractivity contribution in [2.45, 2.75) is 32.9 Å². The normalized spacial score (nSPS) is 11.1. The number of hydrogen-bond acceptors (Lipinski definition) is 4. The zero-order valence-corrected chi connectivity index (χ0v) is 13.1. The molecular formula is C15H23N3OS. The number of hydrogen-bond donors (Lipinski definition) is 1. The lowest BCUT2D eigenvalue weighted by molar-refractivity contribution is 0.199. The second-order valence-corrected chi connectivity index (χ2v) is 5.72. The molecule has 1 N–H and O–H groups in total. The molecule has 0 amide bonds. The van der Waals surface area contributed by atoms with E-state index in [-0.39, 0.29) is 0 Å². The number of nitrogens with zero attached hydrogens (tertiary/aromatic N) is 2. The first kappa shape index (κ1) is 15.2. The predicted octanol–water partition coefficient (Wildman–Crippen LogP) is 2.68. The molecule has 2 aromatic rings. The fraction of sp³-hybridized carbons (Fsp3) is 0.533. The summed E-state index contributed by atoms with van der Waals surface area (Å²) in [4.78, 5) is 4.68. The van der Waals surface area contributed by atoms with Crippen LogP contribution in [-0.4, -0.2) is 29.8 Å². The molecule has 2 heterocycles. The largest absolute Gasteiger partial charge is 0.383 e. The van der Waals surface area contributed by atoms with Crippen molar-refractivity contribution < 1.29 is 4.74 Å². The van der Waals surface area contributed by atoms with Crippen molar-refractivity contribution in [3.05, 3.63) is 40.1 Å². The summed E-state index contributed by atoms with van der Waals surface area (Å²) in [6.07, 6.45) is 4.36. The van der Waals surface area contributed by atoms with Gasteiger partial charge >= 0.3 is 0 Å². The number of aromatic nitrogens is 2. The van der Waals surface area contributed by atoms with Crippen LogP contribution in [0.15, 0.2) is 23.7 Å². The Balaban J connectivity index is 1.90. The molecule has 0 saturated heterocycles. The summed E-state index contributed by atoms with van der Waals surface area (Å²) >= 11 is 1.77. The molecule has 5 heteroatoms. The average molecular weight is 293 g/mol. The van der Waals surface area contributed by atoms with Gasteiger partial charge in [-0.25, -0.2) is 4.98 Å². The van der Waals surface area contributed by atoms with Crippen LogP contribution in [0.3, 0.4) is 0 Å². The number of aryl methyl sites for hydroxylation is 1. The van der Waals surface area contributed by atoms with Crippen LogP contribution in [-0.2, 0) is 24.2 Å². The summed E-state index contributed by atoms with van der Waals surface area (Å²) in [7, 11) is 1.72. The van der Waals surface area contributed by atoms with Gasteiger partial charge in [-0.15, -0.1) is 11.3 Å². The standard InChI is InChI=1S/C15H23N3OS/c1-3-5-15-17-13(12-20-15)11-18-8-4-6-14(18)10-16-7-9-19-2/h4,6,8,12,16H,3,5,7,9-11H2,1-2H3. The third kappa shape index (κ3) is 4.44. The van der Waals surface area contributed by atoms with Crippen molar-refractivity contribution in [2.24, 2.45) is 0 Å². The summed E-state index contributed by atoms with van der Waals surface area (Å²) in [6.45, 7) is 5.53. The molecule has 4 nitrogen and oxygen atoms in total. The Bertz CT molecular complexity index is 507. The van der Waals surface area contributed by atoms with Gasteiger partial charge in [0, 0.05) is 37.5 Å². The lowest BCUT2D eigenvalue weighted by atomic mass is 10.3. The van der Waals surface area contributed by atoms with E-state index in [9.17, 15) is 0 Å². The highest BCUT2D eigenvalue weighted by Gasteiger charge is 2.05. The zero-order valence-electron chi connectivity index (χ0n) is 12.3. The van der Waals surface area contributed by atoms with Crippen LogP contribution in [0.1, 0.15) is 29.7 Å². The molecule has 20 heavy (non-hydrogen) atoms. The van der Waals surface area contributed by atoms with E-state index < -0.39 is 0 Å². The molecule has 0 bridgehead atoms. The molecule has 2 rings (SSSR count). The Labute approximate surface area is 124 Å².